The van der Waals surface area contributed by atoms with Gasteiger partial charge in [0.2, 0.25) is 0 Å². The fourth-order valence-electron chi connectivity index (χ4n) is 2.14. The predicted octanol–water partition coefficient (Wildman–Crippen LogP) is 0.882. The van der Waals surface area contributed by atoms with Gasteiger partial charge in [-0.05, 0) is 32.4 Å². The largest absolute Gasteiger partial charge is 0.376 e. The molecule has 0 radical (unpaired) electrons. The van der Waals surface area contributed by atoms with E-state index in [0.717, 1.165) is 19.7 Å². The Hall–Kier alpha value is 0.170. The minimum Gasteiger partial charge on any atom is -0.376 e. The number of nitrogens with one attached hydrogen (secondary N) is 1. The number of likely N-dealkylation sites (tertiary alicyclic amines) is 1. The summed E-state index contributed by atoms with van der Waals surface area (Å²) in [5.41, 5.74) is 0. The molecule has 2 fully saturated rings. The first-order valence-electron chi connectivity index (χ1n) is 5.50. The average molecular weight is 221 g/mol. The van der Waals surface area contributed by atoms with Crippen LogP contribution >= 0.6 is 12.4 Å². The van der Waals surface area contributed by atoms with E-state index >= 15 is 0 Å². The minimum absolute atomic E-state index is 0. The van der Waals surface area contributed by atoms with Gasteiger partial charge in [0.25, 0.3) is 0 Å². The third-order valence-electron chi connectivity index (χ3n) is 2.97. The Bertz CT molecular complexity index is 145. The SMILES string of the molecule is C1CCN(CCC2CNCCO2)C1.Cl. The first-order valence-corrected chi connectivity index (χ1v) is 5.50. The van der Waals surface area contributed by atoms with Gasteiger partial charge in [-0.1, -0.05) is 0 Å². The van der Waals surface area contributed by atoms with Crippen molar-refractivity contribution in [2.75, 3.05) is 39.3 Å². The van der Waals surface area contributed by atoms with E-state index in [-0.39, 0.29) is 12.4 Å². The monoisotopic (exact) mass is 220 g/mol. The summed E-state index contributed by atoms with van der Waals surface area (Å²) in [5.74, 6) is 0. The third-order valence-corrected chi connectivity index (χ3v) is 2.97. The van der Waals surface area contributed by atoms with Crippen molar-refractivity contribution in [2.45, 2.75) is 25.4 Å². The van der Waals surface area contributed by atoms with Crippen molar-refractivity contribution < 1.29 is 4.74 Å². The highest BCUT2D eigenvalue weighted by molar-refractivity contribution is 5.85. The number of morpholine rings is 1. The Balaban J connectivity index is 0.000000980. The van der Waals surface area contributed by atoms with Gasteiger partial charge in [0, 0.05) is 19.6 Å². The van der Waals surface area contributed by atoms with Crippen LogP contribution in [-0.4, -0.2) is 50.3 Å². The van der Waals surface area contributed by atoms with Crippen molar-refractivity contribution in [3.8, 4) is 0 Å². The normalized spacial score (nSPS) is 28.7. The summed E-state index contributed by atoms with van der Waals surface area (Å²) in [6, 6.07) is 0. The van der Waals surface area contributed by atoms with Gasteiger partial charge in [-0.15, -0.1) is 12.4 Å². The van der Waals surface area contributed by atoms with Crippen molar-refractivity contribution in [3.05, 3.63) is 0 Å². The van der Waals surface area contributed by atoms with Gasteiger partial charge in [-0.2, -0.15) is 0 Å². The Morgan fingerprint density at radius 2 is 2.07 bits per heavy atom. The summed E-state index contributed by atoms with van der Waals surface area (Å²) in [7, 11) is 0. The molecule has 14 heavy (non-hydrogen) atoms. The Labute approximate surface area is 92.6 Å². The number of nitrogens with zero attached hydrogens (tertiary/aromatic N) is 1. The van der Waals surface area contributed by atoms with Gasteiger partial charge in [0.15, 0.2) is 0 Å². The van der Waals surface area contributed by atoms with Crippen LogP contribution in [-0.2, 0) is 4.74 Å². The molecule has 0 saturated carbocycles. The molecule has 4 heteroatoms. The van der Waals surface area contributed by atoms with Crippen LogP contribution in [0.3, 0.4) is 0 Å². The number of hydrogen-bond donors (Lipinski definition) is 1. The first kappa shape index (κ1) is 12.2. The molecule has 2 rings (SSSR count). The molecule has 1 N–H and O–H groups in total. The molecule has 0 aromatic rings. The lowest BCUT2D eigenvalue weighted by molar-refractivity contribution is 0.0186. The summed E-state index contributed by atoms with van der Waals surface area (Å²) in [4.78, 5) is 2.55. The smallest absolute Gasteiger partial charge is 0.0712 e. The molecule has 84 valence electrons. The van der Waals surface area contributed by atoms with Crippen LogP contribution in [0.15, 0.2) is 0 Å². The molecular weight excluding hydrogens is 200 g/mol. The zero-order valence-electron chi connectivity index (χ0n) is 8.71. The minimum atomic E-state index is 0. The van der Waals surface area contributed by atoms with Crippen molar-refractivity contribution >= 4 is 12.4 Å². The highest BCUT2D eigenvalue weighted by atomic mass is 35.5. The molecule has 2 saturated heterocycles. The van der Waals surface area contributed by atoms with Crippen molar-refractivity contribution in [1.29, 1.82) is 0 Å². The zero-order chi connectivity index (χ0) is 8.93. The number of hydrogen-bond acceptors (Lipinski definition) is 3. The molecule has 1 atom stereocenters. The van der Waals surface area contributed by atoms with Gasteiger partial charge in [0.05, 0.1) is 12.7 Å². The molecule has 2 aliphatic heterocycles. The van der Waals surface area contributed by atoms with E-state index in [1.165, 1.54) is 38.9 Å². The number of ether oxygens (including phenoxy) is 1. The van der Waals surface area contributed by atoms with E-state index in [1.807, 2.05) is 0 Å². The molecule has 0 amide bonds. The maximum Gasteiger partial charge on any atom is 0.0712 e. The van der Waals surface area contributed by atoms with Crippen LogP contribution in [0.1, 0.15) is 19.3 Å². The fourth-order valence-corrected chi connectivity index (χ4v) is 2.14. The van der Waals surface area contributed by atoms with Crippen LogP contribution in [0.4, 0.5) is 0 Å². The molecule has 0 aliphatic carbocycles. The second-order valence-electron chi connectivity index (χ2n) is 4.03. The Morgan fingerprint density at radius 3 is 2.71 bits per heavy atom. The molecule has 0 bridgehead atoms. The topological polar surface area (TPSA) is 24.5 Å². The molecule has 3 nitrogen and oxygen atoms in total. The third kappa shape index (κ3) is 3.73. The second-order valence-corrected chi connectivity index (χ2v) is 4.03. The van der Waals surface area contributed by atoms with Gasteiger partial charge in [0.1, 0.15) is 0 Å². The fraction of sp³-hybridized carbons (Fsp3) is 1.00. The lowest BCUT2D eigenvalue weighted by atomic mass is 10.2. The standard InChI is InChI=1S/C10H20N2O.ClH/c1-2-6-12(5-1)7-3-10-9-11-4-8-13-10;/h10-11H,1-9H2;1H. The molecule has 1 unspecified atom stereocenters. The Morgan fingerprint density at radius 1 is 1.29 bits per heavy atom. The second kappa shape index (κ2) is 6.62. The van der Waals surface area contributed by atoms with Crippen LogP contribution in [0.25, 0.3) is 0 Å². The molecule has 0 aromatic carbocycles. The van der Waals surface area contributed by atoms with E-state index in [2.05, 4.69) is 10.2 Å². The summed E-state index contributed by atoms with van der Waals surface area (Å²) in [5, 5.41) is 3.37. The number of rotatable bonds is 3. The van der Waals surface area contributed by atoms with Crippen LogP contribution in [0.5, 0.6) is 0 Å². The summed E-state index contributed by atoms with van der Waals surface area (Å²) >= 11 is 0. The van der Waals surface area contributed by atoms with Crippen LogP contribution in [0, 0.1) is 0 Å². The lowest BCUT2D eigenvalue weighted by Crippen LogP contribution is -2.40. The molecular formula is C10H21ClN2O. The lowest BCUT2D eigenvalue weighted by Gasteiger charge is -2.25. The Kier molecular flexibility index (Phi) is 5.78. The predicted molar refractivity (Wildman–Crippen MR) is 60.1 cm³/mol. The van der Waals surface area contributed by atoms with Gasteiger partial charge in [-0.25, -0.2) is 0 Å². The first-order chi connectivity index (χ1) is 6.45. The van der Waals surface area contributed by atoms with E-state index in [1.54, 1.807) is 0 Å². The van der Waals surface area contributed by atoms with E-state index in [4.69, 9.17) is 4.74 Å². The average Bonchev–Trinajstić information content (AvgIpc) is 2.69. The van der Waals surface area contributed by atoms with Crippen molar-refractivity contribution in [3.63, 3.8) is 0 Å². The van der Waals surface area contributed by atoms with E-state index < -0.39 is 0 Å². The van der Waals surface area contributed by atoms with E-state index in [9.17, 15) is 0 Å². The maximum absolute atomic E-state index is 5.65. The van der Waals surface area contributed by atoms with E-state index in [0.29, 0.717) is 6.10 Å². The maximum atomic E-state index is 5.65. The highest BCUT2D eigenvalue weighted by Gasteiger charge is 2.16. The van der Waals surface area contributed by atoms with Gasteiger partial charge in [-0.3, -0.25) is 0 Å². The van der Waals surface area contributed by atoms with Crippen LogP contribution in [0.2, 0.25) is 0 Å². The quantitative estimate of drug-likeness (QED) is 0.765. The molecule has 2 aliphatic rings. The zero-order valence-corrected chi connectivity index (χ0v) is 9.52. The number of halogens is 1. The van der Waals surface area contributed by atoms with Gasteiger partial charge < -0.3 is 15.0 Å². The summed E-state index contributed by atoms with van der Waals surface area (Å²) in [6.07, 6.45) is 4.45. The summed E-state index contributed by atoms with van der Waals surface area (Å²) < 4.78 is 5.65. The van der Waals surface area contributed by atoms with Crippen molar-refractivity contribution in [2.24, 2.45) is 0 Å². The van der Waals surface area contributed by atoms with Crippen LogP contribution < -0.4 is 5.32 Å². The molecule has 0 aromatic heterocycles. The molecule has 2 heterocycles. The van der Waals surface area contributed by atoms with Crippen molar-refractivity contribution in [1.82, 2.24) is 10.2 Å². The van der Waals surface area contributed by atoms with Gasteiger partial charge >= 0.3 is 0 Å². The summed E-state index contributed by atoms with van der Waals surface area (Å²) in [6.45, 7) is 6.81. The highest BCUT2D eigenvalue weighted by Crippen LogP contribution is 2.10. The molecule has 0 spiro atoms.